The van der Waals surface area contributed by atoms with Crippen molar-refractivity contribution in [2.45, 2.75) is 0 Å². The summed E-state index contributed by atoms with van der Waals surface area (Å²) >= 11 is 0. The Morgan fingerprint density at radius 2 is 2.11 bits per heavy atom. The van der Waals surface area contributed by atoms with Gasteiger partial charge in [-0.1, -0.05) is 0 Å². The lowest BCUT2D eigenvalue weighted by atomic mass is 10.2. The normalized spacial score (nSPS) is 10.5. The van der Waals surface area contributed by atoms with Crippen molar-refractivity contribution in [2.75, 3.05) is 6.61 Å². The molecule has 2 aromatic rings. The van der Waals surface area contributed by atoms with Crippen molar-refractivity contribution in [2.24, 2.45) is 10.7 Å². The number of aliphatic imine (C=N–C) groups is 1. The lowest BCUT2D eigenvalue weighted by molar-refractivity contribution is -0.119. The maximum absolute atomic E-state index is 10.6. The molecule has 0 aliphatic heterocycles. The molecule has 2 rings (SSSR count). The Labute approximate surface area is 110 Å². The third-order valence-corrected chi connectivity index (χ3v) is 2.27. The zero-order valence-electron chi connectivity index (χ0n) is 10.2. The maximum Gasteiger partial charge on any atom is 0.255 e. The first kappa shape index (κ1) is 12.8. The van der Waals surface area contributed by atoms with Gasteiger partial charge in [-0.25, -0.2) is 0 Å². The molecule has 1 heterocycles. The fraction of sp³-hybridized carbons (Fsp3) is 0.0714. The minimum Gasteiger partial charge on any atom is -0.484 e. The van der Waals surface area contributed by atoms with Gasteiger partial charge in [-0.3, -0.25) is 14.8 Å². The first-order valence-corrected chi connectivity index (χ1v) is 5.69. The fourth-order valence-electron chi connectivity index (χ4n) is 1.38. The van der Waals surface area contributed by atoms with Crippen molar-refractivity contribution in [3.05, 3.63) is 54.4 Å². The molecule has 1 amide bonds. The van der Waals surface area contributed by atoms with Crippen molar-refractivity contribution in [1.82, 2.24) is 4.98 Å². The average molecular weight is 255 g/mol. The molecular weight excluding hydrogens is 242 g/mol. The molecule has 0 saturated heterocycles. The lowest BCUT2D eigenvalue weighted by Gasteiger charge is -2.03. The predicted octanol–water partition coefficient (Wildman–Crippen LogP) is 1.70. The zero-order valence-corrected chi connectivity index (χ0v) is 10.2. The molecular formula is C14H13N3O2. The number of carbonyl (C=O) groups excluding carboxylic acids is 1. The van der Waals surface area contributed by atoms with E-state index in [1.165, 1.54) is 0 Å². The van der Waals surface area contributed by atoms with E-state index in [0.717, 1.165) is 11.3 Å². The first-order chi connectivity index (χ1) is 9.24. The summed E-state index contributed by atoms with van der Waals surface area (Å²) in [4.78, 5) is 18.8. The highest BCUT2D eigenvalue weighted by molar-refractivity contribution is 5.82. The molecule has 0 bridgehead atoms. The quantitative estimate of drug-likeness (QED) is 0.826. The van der Waals surface area contributed by atoms with Crippen LogP contribution in [0.1, 0.15) is 5.56 Å². The third-order valence-electron chi connectivity index (χ3n) is 2.27. The number of benzene rings is 1. The Morgan fingerprint density at radius 3 is 2.74 bits per heavy atom. The standard InChI is InChI=1S/C14H13N3O2/c15-14(18)10-19-13-5-3-11(4-6-13)8-17-12-2-1-7-16-9-12/h1-9H,10H2,(H2,15,18). The Bertz CT molecular complexity index is 565. The van der Waals surface area contributed by atoms with E-state index in [-0.39, 0.29) is 6.61 Å². The van der Waals surface area contributed by atoms with Crippen LogP contribution in [0.15, 0.2) is 53.8 Å². The Hall–Kier alpha value is -2.69. The minimum atomic E-state index is -0.498. The van der Waals surface area contributed by atoms with Crippen LogP contribution in [0, 0.1) is 0 Å². The number of hydrogen-bond acceptors (Lipinski definition) is 4. The van der Waals surface area contributed by atoms with Gasteiger partial charge in [0.1, 0.15) is 5.75 Å². The van der Waals surface area contributed by atoms with Gasteiger partial charge in [0.2, 0.25) is 0 Å². The molecule has 96 valence electrons. The number of hydrogen-bond donors (Lipinski definition) is 1. The van der Waals surface area contributed by atoms with Gasteiger partial charge in [0.15, 0.2) is 6.61 Å². The van der Waals surface area contributed by atoms with E-state index in [0.29, 0.717) is 5.75 Å². The van der Waals surface area contributed by atoms with Gasteiger partial charge in [-0.2, -0.15) is 0 Å². The van der Waals surface area contributed by atoms with E-state index < -0.39 is 5.91 Å². The monoisotopic (exact) mass is 255 g/mol. The number of ether oxygens (including phenoxy) is 1. The summed E-state index contributed by atoms with van der Waals surface area (Å²) in [6.45, 7) is -0.122. The van der Waals surface area contributed by atoms with E-state index >= 15 is 0 Å². The van der Waals surface area contributed by atoms with Crippen LogP contribution >= 0.6 is 0 Å². The molecule has 1 aromatic heterocycles. The van der Waals surface area contributed by atoms with Crippen LogP contribution in [-0.2, 0) is 4.79 Å². The van der Waals surface area contributed by atoms with Crippen molar-refractivity contribution in [3.63, 3.8) is 0 Å². The Kier molecular flexibility index (Phi) is 4.23. The number of nitrogens with two attached hydrogens (primary N) is 1. The second-order valence-electron chi connectivity index (χ2n) is 3.79. The second-order valence-corrected chi connectivity index (χ2v) is 3.79. The molecule has 0 aliphatic rings. The van der Waals surface area contributed by atoms with Crippen LogP contribution in [0.25, 0.3) is 0 Å². The van der Waals surface area contributed by atoms with Crippen LogP contribution in [-0.4, -0.2) is 23.7 Å². The summed E-state index contributed by atoms with van der Waals surface area (Å²) in [5.74, 6) is 0.0968. The highest BCUT2D eigenvalue weighted by atomic mass is 16.5. The van der Waals surface area contributed by atoms with Gasteiger partial charge in [0, 0.05) is 12.4 Å². The first-order valence-electron chi connectivity index (χ1n) is 5.69. The van der Waals surface area contributed by atoms with E-state index in [4.69, 9.17) is 10.5 Å². The van der Waals surface area contributed by atoms with Gasteiger partial charge >= 0.3 is 0 Å². The zero-order chi connectivity index (χ0) is 13.5. The third kappa shape index (κ3) is 4.23. The minimum absolute atomic E-state index is 0.122. The molecule has 0 unspecified atom stereocenters. The van der Waals surface area contributed by atoms with Gasteiger partial charge in [-0.05, 0) is 42.0 Å². The van der Waals surface area contributed by atoms with Crippen LogP contribution in [0.5, 0.6) is 5.75 Å². The summed E-state index contributed by atoms with van der Waals surface area (Å²) in [7, 11) is 0. The highest BCUT2D eigenvalue weighted by Crippen LogP contribution is 2.12. The number of amides is 1. The lowest BCUT2D eigenvalue weighted by Crippen LogP contribution is -2.19. The summed E-state index contributed by atoms with van der Waals surface area (Å²) in [5.41, 5.74) is 6.71. The van der Waals surface area contributed by atoms with Crippen molar-refractivity contribution in [3.8, 4) is 5.75 Å². The number of pyridine rings is 1. The van der Waals surface area contributed by atoms with E-state index in [1.807, 2.05) is 24.3 Å². The molecule has 1 aromatic carbocycles. The summed E-state index contributed by atoms with van der Waals surface area (Å²) < 4.78 is 5.16. The fourth-order valence-corrected chi connectivity index (χ4v) is 1.38. The van der Waals surface area contributed by atoms with Crippen LogP contribution in [0.3, 0.4) is 0 Å². The molecule has 5 heteroatoms. The number of rotatable bonds is 5. The second kappa shape index (κ2) is 6.30. The van der Waals surface area contributed by atoms with Crippen LogP contribution < -0.4 is 10.5 Å². The number of carbonyl (C=O) groups is 1. The van der Waals surface area contributed by atoms with Crippen LogP contribution in [0.4, 0.5) is 5.69 Å². The predicted molar refractivity (Wildman–Crippen MR) is 72.6 cm³/mol. The highest BCUT2D eigenvalue weighted by Gasteiger charge is 1.97. The van der Waals surface area contributed by atoms with Crippen molar-refractivity contribution >= 4 is 17.8 Å². The van der Waals surface area contributed by atoms with Gasteiger partial charge < -0.3 is 10.5 Å². The van der Waals surface area contributed by atoms with E-state index in [1.54, 1.807) is 30.7 Å². The molecule has 0 saturated carbocycles. The van der Waals surface area contributed by atoms with Crippen molar-refractivity contribution < 1.29 is 9.53 Å². The number of primary amides is 1. The Morgan fingerprint density at radius 1 is 1.32 bits per heavy atom. The molecule has 0 atom stereocenters. The number of nitrogens with zero attached hydrogens (tertiary/aromatic N) is 2. The molecule has 0 fully saturated rings. The molecule has 0 spiro atoms. The topological polar surface area (TPSA) is 77.6 Å². The van der Waals surface area contributed by atoms with Crippen LogP contribution in [0.2, 0.25) is 0 Å². The molecule has 0 aliphatic carbocycles. The smallest absolute Gasteiger partial charge is 0.255 e. The van der Waals surface area contributed by atoms with Gasteiger partial charge in [0.05, 0.1) is 11.9 Å². The summed E-state index contributed by atoms with van der Waals surface area (Å²) in [6, 6.07) is 10.9. The van der Waals surface area contributed by atoms with E-state index in [2.05, 4.69) is 9.98 Å². The average Bonchev–Trinajstić information content (AvgIpc) is 2.45. The molecule has 5 nitrogen and oxygen atoms in total. The largest absolute Gasteiger partial charge is 0.484 e. The van der Waals surface area contributed by atoms with Crippen molar-refractivity contribution in [1.29, 1.82) is 0 Å². The van der Waals surface area contributed by atoms with Gasteiger partial charge in [0.25, 0.3) is 5.91 Å². The molecule has 2 N–H and O–H groups in total. The molecule has 19 heavy (non-hydrogen) atoms. The van der Waals surface area contributed by atoms with E-state index in [9.17, 15) is 4.79 Å². The maximum atomic E-state index is 10.6. The number of aromatic nitrogens is 1. The SMILES string of the molecule is NC(=O)COc1ccc(C=Nc2cccnc2)cc1. The van der Waals surface area contributed by atoms with Gasteiger partial charge in [-0.15, -0.1) is 0 Å². The summed E-state index contributed by atoms with van der Waals surface area (Å²) in [6.07, 6.45) is 5.11. The summed E-state index contributed by atoms with van der Waals surface area (Å²) in [5, 5.41) is 0. The molecule has 0 radical (unpaired) electrons. The Balaban J connectivity index is 1.99.